The molecule has 19 heavy (non-hydrogen) atoms. The topological polar surface area (TPSA) is 107 Å². The zero-order valence-corrected chi connectivity index (χ0v) is 11.4. The molecular formula is C10H13ClN4O4. The number of aromatic nitrogens is 2. The number of anilines is 1. The summed E-state index contributed by atoms with van der Waals surface area (Å²) in [6.45, 7) is 3.13. The van der Waals surface area contributed by atoms with Gasteiger partial charge in [0.25, 0.3) is 0 Å². The van der Waals surface area contributed by atoms with Gasteiger partial charge in [-0.05, 0) is 25.4 Å². The van der Waals surface area contributed by atoms with Gasteiger partial charge < -0.3 is 10.1 Å². The molecule has 104 valence electrons. The van der Waals surface area contributed by atoms with Crippen LogP contribution in [0, 0.1) is 17.0 Å². The molecule has 0 aliphatic rings. The molecule has 1 unspecified atom stereocenters. The van der Waals surface area contributed by atoms with Gasteiger partial charge in [0.15, 0.2) is 0 Å². The Morgan fingerprint density at radius 3 is 2.74 bits per heavy atom. The van der Waals surface area contributed by atoms with Crippen LogP contribution >= 0.6 is 11.6 Å². The van der Waals surface area contributed by atoms with E-state index in [0.29, 0.717) is 0 Å². The van der Waals surface area contributed by atoms with E-state index in [1.807, 2.05) is 0 Å². The van der Waals surface area contributed by atoms with E-state index in [9.17, 15) is 14.9 Å². The van der Waals surface area contributed by atoms with Crippen LogP contribution < -0.4 is 5.32 Å². The Labute approximate surface area is 114 Å². The number of rotatable bonds is 5. The second kappa shape index (κ2) is 6.28. The van der Waals surface area contributed by atoms with Crippen molar-refractivity contribution in [3.63, 3.8) is 0 Å². The number of nitrogens with one attached hydrogen (secondary N) is 1. The number of hydrogen-bond donors (Lipinski definition) is 1. The standard InChI is InChI=1S/C10H13ClN4O4/c1-5(4-7(16)19-3)12-9-8(15(17)18)6(2)13-10(11)14-9/h5H,4H2,1-3H3,(H,12,13,14). The van der Waals surface area contributed by atoms with Gasteiger partial charge in [0, 0.05) is 6.04 Å². The SMILES string of the molecule is COC(=O)CC(C)Nc1nc(Cl)nc(C)c1[N+](=O)[O-]. The average molecular weight is 289 g/mol. The van der Waals surface area contributed by atoms with Gasteiger partial charge in [-0.1, -0.05) is 0 Å². The summed E-state index contributed by atoms with van der Waals surface area (Å²) in [6.07, 6.45) is 0.0499. The number of carbonyl (C=O) groups excluding carboxylic acids is 1. The molecule has 1 atom stereocenters. The van der Waals surface area contributed by atoms with E-state index in [1.165, 1.54) is 14.0 Å². The molecule has 0 saturated carbocycles. The van der Waals surface area contributed by atoms with Gasteiger partial charge in [-0.3, -0.25) is 14.9 Å². The molecule has 0 bridgehead atoms. The molecule has 0 aliphatic carbocycles. The van der Waals surface area contributed by atoms with Crippen LogP contribution in [0.4, 0.5) is 11.5 Å². The quantitative estimate of drug-likeness (QED) is 0.380. The van der Waals surface area contributed by atoms with Crippen LogP contribution in [-0.4, -0.2) is 34.0 Å². The molecule has 0 aliphatic heterocycles. The van der Waals surface area contributed by atoms with Crippen LogP contribution in [0.1, 0.15) is 19.0 Å². The van der Waals surface area contributed by atoms with E-state index < -0.39 is 16.9 Å². The van der Waals surface area contributed by atoms with Gasteiger partial charge in [-0.2, -0.15) is 4.98 Å². The summed E-state index contributed by atoms with van der Waals surface area (Å²) < 4.78 is 4.51. The number of hydrogen-bond acceptors (Lipinski definition) is 7. The monoisotopic (exact) mass is 288 g/mol. The molecule has 8 nitrogen and oxygen atoms in total. The number of halogens is 1. The molecule has 0 aromatic carbocycles. The highest BCUT2D eigenvalue weighted by molar-refractivity contribution is 6.28. The first kappa shape index (κ1) is 15.1. The maximum atomic E-state index is 11.1. The van der Waals surface area contributed by atoms with E-state index in [0.717, 1.165) is 0 Å². The number of carbonyl (C=O) groups is 1. The number of ether oxygens (including phenoxy) is 1. The van der Waals surface area contributed by atoms with E-state index >= 15 is 0 Å². The molecule has 1 aromatic rings. The van der Waals surface area contributed by atoms with Crippen LogP contribution in [0.5, 0.6) is 0 Å². The largest absolute Gasteiger partial charge is 0.469 e. The van der Waals surface area contributed by atoms with Crippen LogP contribution in [0.3, 0.4) is 0 Å². The highest BCUT2D eigenvalue weighted by Crippen LogP contribution is 2.27. The molecule has 0 radical (unpaired) electrons. The third kappa shape index (κ3) is 4.02. The molecule has 1 N–H and O–H groups in total. The summed E-state index contributed by atoms with van der Waals surface area (Å²) in [5.74, 6) is -0.446. The first-order valence-corrected chi connectivity index (χ1v) is 5.74. The van der Waals surface area contributed by atoms with Crippen LogP contribution in [0.2, 0.25) is 5.28 Å². The van der Waals surface area contributed by atoms with Crippen LogP contribution in [0.15, 0.2) is 0 Å². The first-order valence-electron chi connectivity index (χ1n) is 5.37. The van der Waals surface area contributed by atoms with E-state index in [-0.39, 0.29) is 28.9 Å². The minimum atomic E-state index is -0.598. The van der Waals surface area contributed by atoms with Gasteiger partial charge in [0.1, 0.15) is 5.69 Å². The predicted octanol–water partition coefficient (Wildman–Crippen LogP) is 1.71. The molecule has 0 saturated heterocycles. The Bertz CT molecular complexity index is 509. The van der Waals surface area contributed by atoms with Crippen LogP contribution in [0.25, 0.3) is 0 Å². The molecular weight excluding hydrogens is 276 g/mol. The molecule has 9 heteroatoms. The molecule has 1 rings (SSSR count). The van der Waals surface area contributed by atoms with Crippen molar-refractivity contribution in [3.05, 3.63) is 21.1 Å². The lowest BCUT2D eigenvalue weighted by molar-refractivity contribution is -0.385. The number of esters is 1. The van der Waals surface area contributed by atoms with Crippen molar-refractivity contribution in [1.29, 1.82) is 0 Å². The van der Waals surface area contributed by atoms with Crippen molar-refractivity contribution in [2.45, 2.75) is 26.3 Å². The smallest absolute Gasteiger partial charge is 0.332 e. The maximum absolute atomic E-state index is 11.1. The van der Waals surface area contributed by atoms with Crippen molar-refractivity contribution in [3.8, 4) is 0 Å². The normalized spacial score (nSPS) is 11.8. The number of nitrogens with zero attached hydrogens (tertiary/aromatic N) is 3. The zero-order valence-electron chi connectivity index (χ0n) is 10.6. The van der Waals surface area contributed by atoms with E-state index in [1.54, 1.807) is 6.92 Å². The Balaban J connectivity index is 2.99. The van der Waals surface area contributed by atoms with Crippen LogP contribution in [-0.2, 0) is 9.53 Å². The van der Waals surface area contributed by atoms with Gasteiger partial charge in [0.05, 0.1) is 18.5 Å². The summed E-state index contributed by atoms with van der Waals surface area (Å²) in [4.78, 5) is 29.0. The molecule has 1 aromatic heterocycles. The maximum Gasteiger partial charge on any atom is 0.332 e. The fourth-order valence-electron chi connectivity index (χ4n) is 1.47. The fraction of sp³-hybridized carbons (Fsp3) is 0.500. The summed E-state index contributed by atoms with van der Waals surface area (Å²) in [5, 5.41) is 13.6. The summed E-state index contributed by atoms with van der Waals surface area (Å²) in [7, 11) is 1.27. The second-order valence-electron chi connectivity index (χ2n) is 3.86. The van der Waals surface area contributed by atoms with E-state index in [4.69, 9.17) is 11.6 Å². The third-order valence-electron chi connectivity index (χ3n) is 2.30. The highest BCUT2D eigenvalue weighted by atomic mass is 35.5. The Morgan fingerprint density at radius 1 is 1.58 bits per heavy atom. The Hall–Kier alpha value is -1.96. The minimum absolute atomic E-state index is 0.0149. The van der Waals surface area contributed by atoms with Crippen molar-refractivity contribution >= 4 is 29.1 Å². The summed E-state index contributed by atoms with van der Waals surface area (Å²) in [5.41, 5.74) is -0.112. The second-order valence-corrected chi connectivity index (χ2v) is 4.20. The zero-order chi connectivity index (χ0) is 14.6. The Kier molecular flexibility index (Phi) is 4.99. The molecule has 0 amide bonds. The summed E-state index contributed by atoms with van der Waals surface area (Å²) >= 11 is 5.67. The lowest BCUT2D eigenvalue weighted by atomic mass is 10.2. The fourth-order valence-corrected chi connectivity index (χ4v) is 1.68. The van der Waals surface area contributed by atoms with Gasteiger partial charge in [0.2, 0.25) is 11.1 Å². The predicted molar refractivity (Wildman–Crippen MR) is 68.2 cm³/mol. The molecule has 0 fully saturated rings. The average Bonchev–Trinajstić information content (AvgIpc) is 2.26. The molecule has 1 heterocycles. The van der Waals surface area contributed by atoms with Crippen molar-refractivity contribution in [2.24, 2.45) is 0 Å². The van der Waals surface area contributed by atoms with Gasteiger partial charge in [-0.25, -0.2) is 4.98 Å². The number of nitro groups is 1. The first-order chi connectivity index (χ1) is 8.85. The van der Waals surface area contributed by atoms with E-state index in [2.05, 4.69) is 20.0 Å². The Morgan fingerprint density at radius 2 is 2.21 bits per heavy atom. The van der Waals surface area contributed by atoms with Crippen molar-refractivity contribution in [2.75, 3.05) is 12.4 Å². The van der Waals surface area contributed by atoms with Gasteiger partial charge >= 0.3 is 11.7 Å². The van der Waals surface area contributed by atoms with Crippen molar-refractivity contribution < 1.29 is 14.5 Å². The number of methoxy groups -OCH3 is 1. The number of aryl methyl sites for hydroxylation is 1. The van der Waals surface area contributed by atoms with Gasteiger partial charge in [-0.15, -0.1) is 0 Å². The third-order valence-corrected chi connectivity index (χ3v) is 2.47. The minimum Gasteiger partial charge on any atom is -0.469 e. The summed E-state index contributed by atoms with van der Waals surface area (Å²) in [6, 6.07) is -0.392. The lowest BCUT2D eigenvalue weighted by Crippen LogP contribution is -2.22. The van der Waals surface area contributed by atoms with Crippen molar-refractivity contribution in [1.82, 2.24) is 9.97 Å². The lowest BCUT2D eigenvalue weighted by Gasteiger charge is -2.13. The molecule has 0 spiro atoms. The highest BCUT2D eigenvalue weighted by Gasteiger charge is 2.23.